The van der Waals surface area contributed by atoms with Crippen LogP contribution in [0.1, 0.15) is 23.1 Å². The summed E-state index contributed by atoms with van der Waals surface area (Å²) in [6.07, 6.45) is 1.51. The van der Waals surface area contributed by atoms with Gasteiger partial charge in [-0.05, 0) is 30.7 Å². The zero-order valence-electron chi connectivity index (χ0n) is 9.76. The lowest BCUT2D eigenvalue weighted by Gasteiger charge is -2.10. The van der Waals surface area contributed by atoms with Crippen molar-refractivity contribution >= 4 is 11.6 Å². The maximum atomic E-state index is 10.1. The molecule has 2 heterocycles. The van der Waals surface area contributed by atoms with E-state index in [4.69, 9.17) is 11.6 Å². The first-order chi connectivity index (χ1) is 8.06. The van der Waals surface area contributed by atoms with Crippen molar-refractivity contribution in [1.29, 1.82) is 0 Å². The first-order valence-electron chi connectivity index (χ1n) is 5.35. The van der Waals surface area contributed by atoms with Crippen LogP contribution in [0.3, 0.4) is 0 Å². The van der Waals surface area contributed by atoms with Crippen LogP contribution in [0.4, 0.5) is 0 Å². The van der Waals surface area contributed by atoms with E-state index >= 15 is 0 Å². The summed E-state index contributed by atoms with van der Waals surface area (Å²) in [5.74, 6) is 0. The smallest absolute Gasteiger partial charge is 0.129 e. The van der Waals surface area contributed by atoms with Gasteiger partial charge in [0.25, 0.3) is 0 Å². The van der Waals surface area contributed by atoms with Gasteiger partial charge >= 0.3 is 0 Å². The van der Waals surface area contributed by atoms with Crippen LogP contribution in [0, 0.1) is 6.92 Å². The molecule has 0 spiro atoms. The van der Waals surface area contributed by atoms with E-state index in [1.165, 1.54) is 0 Å². The Bertz CT molecular complexity index is 524. The Hall–Kier alpha value is -1.39. The Morgan fingerprint density at radius 2 is 2.24 bits per heavy atom. The van der Waals surface area contributed by atoms with E-state index in [-0.39, 0.29) is 0 Å². The fourth-order valence-electron chi connectivity index (χ4n) is 1.80. The molecule has 0 fully saturated rings. The van der Waals surface area contributed by atoms with Crippen molar-refractivity contribution in [2.24, 2.45) is 7.05 Å². The molecule has 0 bridgehead atoms. The van der Waals surface area contributed by atoms with Crippen LogP contribution < -0.4 is 0 Å². The molecular formula is C12H14ClN3O. The summed E-state index contributed by atoms with van der Waals surface area (Å²) in [6.45, 7) is 1.93. The molecule has 0 amide bonds. The van der Waals surface area contributed by atoms with Gasteiger partial charge in [0.15, 0.2) is 0 Å². The first kappa shape index (κ1) is 12.1. The SMILES string of the molecule is Cc1cc(CC(O)c2ccnc(Cl)c2)n(C)n1. The number of pyridine rings is 1. The highest BCUT2D eigenvalue weighted by atomic mass is 35.5. The van der Waals surface area contributed by atoms with Gasteiger partial charge in [-0.15, -0.1) is 0 Å². The number of aliphatic hydroxyl groups excluding tert-OH is 1. The average Bonchev–Trinajstić information content (AvgIpc) is 2.57. The van der Waals surface area contributed by atoms with E-state index in [9.17, 15) is 5.11 Å². The molecule has 0 saturated carbocycles. The van der Waals surface area contributed by atoms with Crippen molar-refractivity contribution in [2.75, 3.05) is 0 Å². The largest absolute Gasteiger partial charge is 0.388 e. The maximum absolute atomic E-state index is 10.1. The molecule has 0 aromatic carbocycles. The molecule has 2 aromatic rings. The Kier molecular flexibility index (Phi) is 3.45. The highest BCUT2D eigenvalue weighted by Gasteiger charge is 2.12. The summed E-state index contributed by atoms with van der Waals surface area (Å²) in [5.41, 5.74) is 2.70. The van der Waals surface area contributed by atoms with Gasteiger partial charge in [-0.1, -0.05) is 11.6 Å². The molecule has 1 unspecified atom stereocenters. The number of aryl methyl sites for hydroxylation is 2. The van der Waals surface area contributed by atoms with Crippen LogP contribution in [0.15, 0.2) is 24.4 Å². The quantitative estimate of drug-likeness (QED) is 0.850. The van der Waals surface area contributed by atoms with Gasteiger partial charge in [0.1, 0.15) is 5.15 Å². The fraction of sp³-hybridized carbons (Fsp3) is 0.333. The molecule has 90 valence electrons. The van der Waals surface area contributed by atoms with Crippen molar-refractivity contribution in [1.82, 2.24) is 14.8 Å². The van der Waals surface area contributed by atoms with Gasteiger partial charge in [-0.25, -0.2) is 4.98 Å². The lowest BCUT2D eigenvalue weighted by atomic mass is 10.1. The lowest BCUT2D eigenvalue weighted by molar-refractivity contribution is 0.175. The minimum absolute atomic E-state index is 0.391. The molecule has 0 aliphatic carbocycles. The molecule has 0 aliphatic heterocycles. The van der Waals surface area contributed by atoms with Crippen LogP contribution in [0.5, 0.6) is 0 Å². The summed E-state index contributed by atoms with van der Waals surface area (Å²) < 4.78 is 1.78. The number of halogens is 1. The van der Waals surface area contributed by atoms with Gasteiger partial charge in [0, 0.05) is 25.4 Å². The highest BCUT2D eigenvalue weighted by Crippen LogP contribution is 2.20. The second-order valence-corrected chi connectivity index (χ2v) is 4.42. The minimum atomic E-state index is -0.592. The third kappa shape index (κ3) is 2.84. The second-order valence-electron chi connectivity index (χ2n) is 4.03. The Morgan fingerprint density at radius 3 is 2.82 bits per heavy atom. The molecule has 0 saturated heterocycles. The van der Waals surface area contributed by atoms with Crippen LogP contribution >= 0.6 is 11.6 Å². The summed E-state index contributed by atoms with van der Waals surface area (Å²) in [6, 6.07) is 5.40. The third-order valence-electron chi connectivity index (χ3n) is 2.64. The van der Waals surface area contributed by atoms with Crippen LogP contribution in [0.2, 0.25) is 5.15 Å². The van der Waals surface area contributed by atoms with Crippen LogP contribution in [-0.2, 0) is 13.5 Å². The summed E-state index contributed by atoms with van der Waals surface area (Å²) in [7, 11) is 1.87. The number of aromatic nitrogens is 3. The standard InChI is InChI=1S/C12H14ClN3O/c1-8-5-10(16(2)15-8)7-11(17)9-3-4-14-12(13)6-9/h3-6,11,17H,7H2,1-2H3. The molecule has 4 nitrogen and oxygen atoms in total. The predicted octanol–water partition coefficient (Wildman–Crippen LogP) is 2.05. The first-order valence-corrected chi connectivity index (χ1v) is 5.73. The van der Waals surface area contributed by atoms with E-state index < -0.39 is 6.10 Å². The van der Waals surface area contributed by atoms with E-state index in [0.29, 0.717) is 11.6 Å². The Labute approximate surface area is 105 Å². The van der Waals surface area contributed by atoms with Gasteiger partial charge < -0.3 is 5.11 Å². The van der Waals surface area contributed by atoms with Crippen LogP contribution in [-0.4, -0.2) is 19.9 Å². The van der Waals surface area contributed by atoms with E-state index in [0.717, 1.165) is 17.0 Å². The molecule has 1 atom stereocenters. The second kappa shape index (κ2) is 4.85. The maximum Gasteiger partial charge on any atom is 0.129 e. The van der Waals surface area contributed by atoms with Gasteiger partial charge in [0.05, 0.1) is 11.8 Å². The van der Waals surface area contributed by atoms with E-state index in [1.54, 1.807) is 23.0 Å². The van der Waals surface area contributed by atoms with E-state index in [1.807, 2.05) is 20.0 Å². The van der Waals surface area contributed by atoms with Crippen molar-refractivity contribution in [3.63, 3.8) is 0 Å². The number of nitrogens with zero attached hydrogens (tertiary/aromatic N) is 3. The molecule has 0 radical (unpaired) electrons. The molecule has 1 N–H and O–H groups in total. The van der Waals surface area contributed by atoms with Crippen molar-refractivity contribution in [3.05, 3.63) is 46.5 Å². The van der Waals surface area contributed by atoms with Gasteiger partial charge in [-0.3, -0.25) is 4.68 Å². The number of aliphatic hydroxyl groups is 1. The summed E-state index contributed by atoms with van der Waals surface area (Å²) >= 11 is 5.79. The summed E-state index contributed by atoms with van der Waals surface area (Å²) in [5, 5.41) is 14.7. The average molecular weight is 252 g/mol. The number of hydrogen-bond acceptors (Lipinski definition) is 3. The molecular weight excluding hydrogens is 238 g/mol. The van der Waals surface area contributed by atoms with Crippen molar-refractivity contribution in [3.8, 4) is 0 Å². The molecule has 2 aromatic heterocycles. The Balaban J connectivity index is 2.16. The molecule has 0 aliphatic rings. The number of hydrogen-bond donors (Lipinski definition) is 1. The topological polar surface area (TPSA) is 50.9 Å². The van der Waals surface area contributed by atoms with Crippen molar-refractivity contribution < 1.29 is 5.11 Å². The fourth-order valence-corrected chi connectivity index (χ4v) is 1.98. The normalized spacial score (nSPS) is 12.7. The number of rotatable bonds is 3. The van der Waals surface area contributed by atoms with E-state index in [2.05, 4.69) is 10.1 Å². The molecule has 5 heteroatoms. The zero-order chi connectivity index (χ0) is 12.4. The third-order valence-corrected chi connectivity index (χ3v) is 2.84. The Morgan fingerprint density at radius 1 is 1.47 bits per heavy atom. The highest BCUT2D eigenvalue weighted by molar-refractivity contribution is 6.29. The molecule has 2 rings (SSSR count). The van der Waals surface area contributed by atoms with Gasteiger partial charge in [0.2, 0.25) is 0 Å². The predicted molar refractivity (Wildman–Crippen MR) is 65.9 cm³/mol. The zero-order valence-corrected chi connectivity index (χ0v) is 10.5. The summed E-state index contributed by atoms with van der Waals surface area (Å²) in [4.78, 5) is 3.89. The van der Waals surface area contributed by atoms with Gasteiger partial charge in [-0.2, -0.15) is 5.10 Å². The monoisotopic (exact) mass is 251 g/mol. The van der Waals surface area contributed by atoms with Crippen molar-refractivity contribution in [2.45, 2.75) is 19.4 Å². The minimum Gasteiger partial charge on any atom is -0.388 e. The van der Waals surface area contributed by atoms with Crippen LogP contribution in [0.25, 0.3) is 0 Å². The molecule has 17 heavy (non-hydrogen) atoms. The lowest BCUT2D eigenvalue weighted by Crippen LogP contribution is -2.06.